The first-order chi connectivity index (χ1) is 21.1. The number of urea groups is 1. The molecule has 0 aliphatic carbocycles. The van der Waals surface area contributed by atoms with E-state index in [2.05, 4.69) is 5.32 Å². The number of alkyl halides is 3. The first kappa shape index (κ1) is 30.5. The van der Waals surface area contributed by atoms with E-state index in [0.29, 0.717) is 35.3 Å². The van der Waals surface area contributed by atoms with Crippen molar-refractivity contribution in [2.75, 3.05) is 11.9 Å². The van der Waals surface area contributed by atoms with Gasteiger partial charge in [0.15, 0.2) is 0 Å². The molecule has 6 nitrogen and oxygen atoms in total. The van der Waals surface area contributed by atoms with Crippen LogP contribution in [0.1, 0.15) is 47.5 Å². The van der Waals surface area contributed by atoms with Crippen LogP contribution >= 0.6 is 0 Å². The van der Waals surface area contributed by atoms with Gasteiger partial charge in [-0.25, -0.2) is 9.78 Å². The molecule has 0 bridgehead atoms. The van der Waals surface area contributed by atoms with Crippen molar-refractivity contribution in [1.29, 1.82) is 0 Å². The number of carbonyl (C=O) groups is 1. The highest BCUT2D eigenvalue weighted by Gasteiger charge is 2.32. The van der Waals surface area contributed by atoms with Crippen molar-refractivity contribution in [3.05, 3.63) is 135 Å². The average molecular weight is 599 g/mol. The summed E-state index contributed by atoms with van der Waals surface area (Å²) in [5.41, 5.74) is 3.03. The van der Waals surface area contributed by atoms with Gasteiger partial charge in [-0.15, -0.1) is 0 Å². The standard InChI is InChI=1S/C35H33F3N4O2/c1-4-31(32-40-30-16-9-8-15-29(30)33(43)42(32)28-18-17-23(2)24(3)21-28)41(20-19-25-11-6-5-7-12-25)34(44)39-27-14-10-13-26(22-27)35(36,37)38/h5-18,21-22,31H,4,19-20H2,1-3H3,(H,39,44). The number of aromatic nitrogens is 2. The molecular weight excluding hydrogens is 565 g/mol. The number of carbonyl (C=O) groups excluding carboxylic acids is 1. The van der Waals surface area contributed by atoms with Crippen molar-refractivity contribution in [3.8, 4) is 5.69 Å². The second kappa shape index (κ2) is 12.8. The van der Waals surface area contributed by atoms with Gasteiger partial charge in [0, 0.05) is 12.2 Å². The van der Waals surface area contributed by atoms with Crippen molar-refractivity contribution in [2.45, 2.75) is 45.8 Å². The van der Waals surface area contributed by atoms with Gasteiger partial charge >= 0.3 is 12.2 Å². The molecule has 0 aliphatic rings. The van der Waals surface area contributed by atoms with E-state index in [4.69, 9.17) is 4.98 Å². The highest BCUT2D eigenvalue weighted by Crippen LogP contribution is 2.32. The van der Waals surface area contributed by atoms with E-state index in [1.807, 2.05) is 69.3 Å². The predicted molar refractivity (Wildman–Crippen MR) is 167 cm³/mol. The van der Waals surface area contributed by atoms with E-state index < -0.39 is 23.8 Å². The molecular formula is C35H33F3N4O2. The molecule has 44 heavy (non-hydrogen) atoms. The number of hydrogen-bond acceptors (Lipinski definition) is 3. The maximum atomic E-state index is 14.1. The van der Waals surface area contributed by atoms with E-state index in [-0.39, 0.29) is 17.8 Å². The molecule has 0 aliphatic heterocycles. The fraction of sp³-hybridized carbons (Fsp3) is 0.229. The number of benzene rings is 4. The van der Waals surface area contributed by atoms with Crippen molar-refractivity contribution in [1.82, 2.24) is 14.5 Å². The van der Waals surface area contributed by atoms with Crippen LogP contribution in [0, 0.1) is 13.8 Å². The van der Waals surface area contributed by atoms with Gasteiger partial charge in [-0.2, -0.15) is 13.2 Å². The third kappa shape index (κ3) is 6.51. The Morgan fingerprint density at radius 1 is 0.909 bits per heavy atom. The summed E-state index contributed by atoms with van der Waals surface area (Å²) in [7, 11) is 0. The number of amides is 2. The van der Waals surface area contributed by atoms with Crippen molar-refractivity contribution in [2.24, 2.45) is 0 Å². The third-order valence-electron chi connectivity index (χ3n) is 7.80. The van der Waals surface area contributed by atoms with Gasteiger partial charge in [-0.05, 0) is 85.8 Å². The van der Waals surface area contributed by atoms with Gasteiger partial charge in [0.1, 0.15) is 5.82 Å². The number of fused-ring (bicyclic) bond motifs is 1. The van der Waals surface area contributed by atoms with Crippen LogP contribution < -0.4 is 10.9 Å². The lowest BCUT2D eigenvalue weighted by Crippen LogP contribution is -2.42. The lowest BCUT2D eigenvalue weighted by molar-refractivity contribution is -0.137. The van der Waals surface area contributed by atoms with Crippen LogP contribution in [-0.2, 0) is 12.6 Å². The molecule has 1 N–H and O–H groups in total. The molecule has 0 saturated carbocycles. The summed E-state index contributed by atoms with van der Waals surface area (Å²) < 4.78 is 41.9. The Labute approximate surface area is 253 Å². The molecule has 0 saturated heterocycles. The molecule has 1 atom stereocenters. The summed E-state index contributed by atoms with van der Waals surface area (Å²) in [5.74, 6) is 0.367. The first-order valence-electron chi connectivity index (χ1n) is 14.4. The summed E-state index contributed by atoms with van der Waals surface area (Å²) in [4.78, 5) is 34.5. The normalized spacial score (nSPS) is 12.2. The second-order valence-corrected chi connectivity index (χ2v) is 10.8. The van der Waals surface area contributed by atoms with Crippen molar-refractivity contribution < 1.29 is 18.0 Å². The topological polar surface area (TPSA) is 67.2 Å². The molecule has 0 fully saturated rings. The van der Waals surface area contributed by atoms with Crippen LogP contribution in [-0.4, -0.2) is 27.0 Å². The van der Waals surface area contributed by atoms with Crippen molar-refractivity contribution in [3.63, 3.8) is 0 Å². The van der Waals surface area contributed by atoms with Crippen LogP contribution in [0.2, 0.25) is 0 Å². The lowest BCUT2D eigenvalue weighted by atomic mass is 10.1. The molecule has 1 aromatic heterocycles. The van der Waals surface area contributed by atoms with Crippen LogP contribution in [0.15, 0.2) is 102 Å². The van der Waals surface area contributed by atoms with E-state index in [9.17, 15) is 22.8 Å². The number of rotatable bonds is 8. The number of aryl methyl sites for hydroxylation is 2. The largest absolute Gasteiger partial charge is 0.416 e. The Morgan fingerprint density at radius 3 is 2.34 bits per heavy atom. The van der Waals surface area contributed by atoms with Gasteiger partial charge in [-0.1, -0.05) is 61.5 Å². The number of para-hydroxylation sites is 1. The smallest absolute Gasteiger partial charge is 0.314 e. The molecule has 226 valence electrons. The number of halogens is 3. The fourth-order valence-electron chi connectivity index (χ4n) is 5.29. The number of nitrogens with one attached hydrogen (secondary N) is 1. The van der Waals surface area contributed by atoms with E-state index in [1.165, 1.54) is 12.1 Å². The van der Waals surface area contributed by atoms with Gasteiger partial charge in [0.25, 0.3) is 5.56 Å². The van der Waals surface area contributed by atoms with Gasteiger partial charge < -0.3 is 10.2 Å². The van der Waals surface area contributed by atoms with Gasteiger partial charge in [0.05, 0.1) is 28.2 Å². The molecule has 5 aromatic rings. The first-order valence-corrected chi connectivity index (χ1v) is 14.4. The quantitative estimate of drug-likeness (QED) is 0.196. The SMILES string of the molecule is CCC(c1nc2ccccc2c(=O)n1-c1ccc(C)c(C)c1)N(CCc1ccccc1)C(=O)Nc1cccc(C(F)(F)F)c1. The summed E-state index contributed by atoms with van der Waals surface area (Å²) in [5, 5.41) is 3.11. The molecule has 4 aromatic carbocycles. The maximum absolute atomic E-state index is 14.1. The number of anilines is 1. The second-order valence-electron chi connectivity index (χ2n) is 10.8. The van der Waals surface area contributed by atoms with E-state index in [0.717, 1.165) is 28.8 Å². The molecule has 2 amide bonds. The minimum atomic E-state index is -4.56. The van der Waals surface area contributed by atoms with Crippen LogP contribution in [0.3, 0.4) is 0 Å². The van der Waals surface area contributed by atoms with Crippen molar-refractivity contribution >= 4 is 22.6 Å². The van der Waals surface area contributed by atoms with Crippen LogP contribution in [0.25, 0.3) is 16.6 Å². The molecule has 1 heterocycles. The highest BCUT2D eigenvalue weighted by atomic mass is 19.4. The number of hydrogen-bond donors (Lipinski definition) is 1. The Morgan fingerprint density at radius 2 is 1.64 bits per heavy atom. The minimum Gasteiger partial charge on any atom is -0.314 e. The molecule has 9 heteroatoms. The monoisotopic (exact) mass is 598 g/mol. The van der Waals surface area contributed by atoms with E-state index in [1.54, 1.807) is 33.7 Å². The zero-order valence-electron chi connectivity index (χ0n) is 24.7. The molecule has 0 radical (unpaired) electrons. The third-order valence-corrected chi connectivity index (χ3v) is 7.80. The zero-order chi connectivity index (χ0) is 31.4. The molecule has 1 unspecified atom stereocenters. The minimum absolute atomic E-state index is 0.0161. The highest BCUT2D eigenvalue weighted by molar-refractivity contribution is 5.90. The van der Waals surface area contributed by atoms with Crippen LogP contribution in [0.4, 0.5) is 23.7 Å². The Bertz CT molecular complexity index is 1850. The maximum Gasteiger partial charge on any atom is 0.416 e. The lowest BCUT2D eigenvalue weighted by Gasteiger charge is -2.32. The zero-order valence-corrected chi connectivity index (χ0v) is 24.7. The Balaban J connectivity index is 1.64. The summed E-state index contributed by atoms with van der Waals surface area (Å²) in [6.07, 6.45) is -3.69. The average Bonchev–Trinajstić information content (AvgIpc) is 3.01. The summed E-state index contributed by atoms with van der Waals surface area (Å²) in [6.45, 7) is 6.07. The van der Waals surface area contributed by atoms with Crippen LogP contribution in [0.5, 0.6) is 0 Å². The predicted octanol–water partition coefficient (Wildman–Crippen LogP) is 8.25. The summed E-state index contributed by atoms with van der Waals surface area (Å²) in [6, 6.07) is 25.6. The number of nitrogens with zero attached hydrogens (tertiary/aromatic N) is 3. The fourth-order valence-corrected chi connectivity index (χ4v) is 5.29. The Hall–Kier alpha value is -4.92. The summed E-state index contributed by atoms with van der Waals surface area (Å²) >= 11 is 0. The molecule has 0 spiro atoms. The molecule has 5 rings (SSSR count). The van der Waals surface area contributed by atoms with E-state index >= 15 is 0 Å². The van der Waals surface area contributed by atoms with Gasteiger partial charge in [0.2, 0.25) is 0 Å². The van der Waals surface area contributed by atoms with Gasteiger partial charge in [-0.3, -0.25) is 9.36 Å². The Kier molecular flexibility index (Phi) is 8.85.